The largest absolute Gasteiger partial charge is 0.443 e. The van der Waals surface area contributed by atoms with Crippen molar-refractivity contribution in [2.75, 3.05) is 4.90 Å². The van der Waals surface area contributed by atoms with E-state index in [4.69, 9.17) is 19.0 Å². The number of ether oxygens (including phenoxy) is 2. The average Bonchev–Trinajstić information content (AvgIpc) is 3.61. The van der Waals surface area contributed by atoms with Crippen molar-refractivity contribution in [3.63, 3.8) is 0 Å². The molecule has 5 rings (SSSR count). The van der Waals surface area contributed by atoms with Gasteiger partial charge in [0.2, 0.25) is 0 Å². The van der Waals surface area contributed by atoms with Crippen LogP contribution in [0, 0.1) is 0 Å². The first kappa shape index (κ1) is 34.0. The van der Waals surface area contributed by atoms with E-state index in [1.807, 2.05) is 0 Å². The molecule has 3 heterocycles. The number of hydrogen-bond acceptors (Lipinski definition) is 11. The molecule has 0 fully saturated rings. The summed E-state index contributed by atoms with van der Waals surface area (Å²) in [6.45, 7) is 13.1. The van der Waals surface area contributed by atoms with Gasteiger partial charge in [0.1, 0.15) is 16.9 Å². The molecule has 0 saturated heterocycles. The molecule has 252 valence electrons. The topological polar surface area (TPSA) is 190 Å². The quantitative estimate of drug-likeness (QED) is 0.200. The number of imidazole rings is 1. The van der Waals surface area contributed by atoms with Crippen LogP contribution in [0.3, 0.4) is 0 Å². The number of aromatic amines is 2. The third kappa shape index (κ3) is 7.30. The molecule has 48 heavy (non-hydrogen) atoms. The number of nitrogens with zero attached hydrogens (tertiary/aromatic N) is 4. The summed E-state index contributed by atoms with van der Waals surface area (Å²) in [5, 5.41) is 3.57. The van der Waals surface area contributed by atoms with Crippen molar-refractivity contribution in [3.05, 3.63) is 65.2 Å². The first-order valence-corrected chi connectivity index (χ1v) is 16.5. The Hall–Kier alpha value is -5.31. The van der Waals surface area contributed by atoms with Gasteiger partial charge in [-0.1, -0.05) is 23.4 Å². The number of imide groups is 1. The molecule has 5 aromatic rings. The Balaban J connectivity index is 1.67. The van der Waals surface area contributed by atoms with Crippen molar-refractivity contribution in [2.45, 2.75) is 76.7 Å². The van der Waals surface area contributed by atoms with Crippen LogP contribution < -0.4 is 10.6 Å². The fraction of sp³-hybridized carbons (Fsp3) is 0.333. The number of H-pyrrole nitrogens is 2. The molecule has 2 aromatic carbocycles. The van der Waals surface area contributed by atoms with Crippen molar-refractivity contribution in [1.29, 1.82) is 0 Å². The van der Waals surface area contributed by atoms with E-state index in [2.05, 4.69) is 20.1 Å². The minimum absolute atomic E-state index is 0.0353. The lowest BCUT2D eigenvalue weighted by Gasteiger charge is -2.28. The molecular formula is C33H36N6O8S. The highest BCUT2D eigenvalue weighted by Crippen LogP contribution is 2.35. The third-order valence-electron chi connectivity index (χ3n) is 6.77. The van der Waals surface area contributed by atoms with E-state index in [0.717, 1.165) is 0 Å². The molecule has 2 N–H and O–H groups in total. The first-order valence-electron chi connectivity index (χ1n) is 15.0. The summed E-state index contributed by atoms with van der Waals surface area (Å²) in [6.07, 6.45) is -0.797. The number of amides is 2. The molecule has 0 unspecified atom stereocenters. The van der Waals surface area contributed by atoms with E-state index in [9.17, 15) is 22.8 Å². The normalized spacial score (nSPS) is 12.4. The number of sulfone groups is 1. The molecule has 0 bridgehead atoms. The van der Waals surface area contributed by atoms with E-state index in [1.165, 1.54) is 18.3 Å². The van der Waals surface area contributed by atoms with Crippen LogP contribution in [0.4, 0.5) is 15.4 Å². The summed E-state index contributed by atoms with van der Waals surface area (Å²) in [5.41, 5.74) is 0.491. The van der Waals surface area contributed by atoms with Gasteiger partial charge < -0.3 is 24.0 Å². The molecule has 0 saturated carbocycles. The number of benzene rings is 2. The summed E-state index contributed by atoms with van der Waals surface area (Å²) >= 11 is 0. The van der Waals surface area contributed by atoms with Gasteiger partial charge in [-0.2, -0.15) is 4.90 Å². The Bertz CT molecular complexity index is 2140. The van der Waals surface area contributed by atoms with E-state index >= 15 is 0 Å². The smallest absolute Gasteiger partial charge is 0.425 e. The fourth-order valence-corrected chi connectivity index (χ4v) is 5.58. The molecule has 0 aliphatic carbocycles. The highest BCUT2D eigenvalue weighted by atomic mass is 32.2. The number of rotatable bonds is 6. The zero-order valence-electron chi connectivity index (χ0n) is 27.7. The van der Waals surface area contributed by atoms with E-state index in [0.29, 0.717) is 32.8 Å². The van der Waals surface area contributed by atoms with Crippen LogP contribution in [-0.2, 0) is 19.3 Å². The molecule has 0 aliphatic heterocycles. The maximum Gasteiger partial charge on any atom is 0.425 e. The Morgan fingerprint density at radius 1 is 0.833 bits per heavy atom. The number of aromatic nitrogens is 5. The molecule has 3 aromatic heterocycles. The van der Waals surface area contributed by atoms with Gasteiger partial charge in [-0.15, -0.1) is 0 Å². The zero-order chi connectivity index (χ0) is 35.2. The highest BCUT2D eigenvalue weighted by Gasteiger charge is 2.37. The Kier molecular flexibility index (Phi) is 8.77. The maximum absolute atomic E-state index is 13.6. The van der Waals surface area contributed by atoms with E-state index < -0.39 is 38.5 Å². The minimum atomic E-state index is -3.52. The van der Waals surface area contributed by atoms with Gasteiger partial charge in [-0.3, -0.25) is 0 Å². The maximum atomic E-state index is 13.6. The summed E-state index contributed by atoms with van der Waals surface area (Å²) < 4.78 is 42.2. The lowest BCUT2D eigenvalue weighted by Crippen LogP contribution is -2.44. The van der Waals surface area contributed by atoms with Crippen molar-refractivity contribution < 1.29 is 32.0 Å². The summed E-state index contributed by atoms with van der Waals surface area (Å²) in [5.74, 6) is -0.220. The van der Waals surface area contributed by atoms with Crippen molar-refractivity contribution in [1.82, 2.24) is 25.1 Å². The Morgan fingerprint density at radius 2 is 1.42 bits per heavy atom. The monoisotopic (exact) mass is 676 g/mol. The van der Waals surface area contributed by atoms with Crippen LogP contribution in [0.5, 0.6) is 0 Å². The van der Waals surface area contributed by atoms with E-state index in [-0.39, 0.29) is 33.6 Å². The molecule has 0 aliphatic rings. The molecule has 15 heteroatoms. The van der Waals surface area contributed by atoms with Gasteiger partial charge >= 0.3 is 17.9 Å². The minimum Gasteiger partial charge on any atom is -0.443 e. The number of carbonyl (C=O) groups is 2. The van der Waals surface area contributed by atoms with Gasteiger partial charge in [0.15, 0.2) is 27.1 Å². The lowest BCUT2D eigenvalue weighted by atomic mass is 10.1. The van der Waals surface area contributed by atoms with Crippen molar-refractivity contribution in [3.8, 4) is 34.0 Å². The lowest BCUT2D eigenvalue weighted by molar-refractivity contribution is 0.0429. The second-order valence-electron chi connectivity index (χ2n) is 13.3. The zero-order valence-corrected chi connectivity index (χ0v) is 28.6. The predicted molar refractivity (Wildman–Crippen MR) is 178 cm³/mol. The van der Waals surface area contributed by atoms with Crippen molar-refractivity contribution in [2.24, 2.45) is 0 Å². The second kappa shape index (κ2) is 12.4. The van der Waals surface area contributed by atoms with E-state index in [1.54, 1.807) is 91.8 Å². The molecule has 0 radical (unpaired) electrons. The van der Waals surface area contributed by atoms with Gasteiger partial charge in [0.25, 0.3) is 0 Å². The molecule has 0 spiro atoms. The van der Waals surface area contributed by atoms with Gasteiger partial charge in [-0.05, 0) is 79.7 Å². The summed E-state index contributed by atoms with van der Waals surface area (Å²) in [4.78, 5) is 54.3. The molecule has 0 atom stereocenters. The second-order valence-corrected chi connectivity index (χ2v) is 15.8. The SMILES string of the molecule is CC(C)S(=O)(=O)c1ccc(-c2cnc(N(C(=O)OC(C)(C)C)C(=O)OC(C)(C)C)c(-c3cc(-c4ccc5[nH]c(=O)[nH]c5c4)no3)n2)cc1. The first-order chi connectivity index (χ1) is 22.3. The number of fused-ring (bicyclic) bond motifs is 1. The third-order valence-corrected chi connectivity index (χ3v) is 8.94. The molecule has 2 amide bonds. The Labute approximate surface area is 276 Å². The number of hydrogen-bond donors (Lipinski definition) is 2. The van der Waals surface area contributed by atoms with Gasteiger partial charge in [-0.25, -0.2) is 32.8 Å². The summed E-state index contributed by atoms with van der Waals surface area (Å²) in [6, 6.07) is 12.8. The van der Waals surface area contributed by atoms with Gasteiger partial charge in [0, 0.05) is 17.2 Å². The molecular weight excluding hydrogens is 640 g/mol. The summed E-state index contributed by atoms with van der Waals surface area (Å²) in [7, 11) is -3.52. The van der Waals surface area contributed by atoms with Crippen LogP contribution >= 0.6 is 0 Å². The van der Waals surface area contributed by atoms with Crippen molar-refractivity contribution >= 4 is 38.9 Å². The molecule has 14 nitrogen and oxygen atoms in total. The van der Waals surface area contributed by atoms with Gasteiger partial charge in [0.05, 0.1) is 33.1 Å². The standard InChI is InChI=1S/C33H36N6O8S/c1-18(2)48(43,44)21-12-9-19(10-13-21)25-17-34-28(39(30(41)45-32(3,4)5)31(42)46-33(6,7)8)27(35-25)26-16-23(38-47-26)20-11-14-22-24(15-20)37-29(40)36-22/h9-18H,1-8H3,(H2,36,37,40). The number of anilines is 1. The average molecular weight is 677 g/mol. The fourth-order valence-electron chi connectivity index (χ4n) is 4.52. The Morgan fingerprint density at radius 3 is 2.00 bits per heavy atom. The predicted octanol–water partition coefficient (Wildman–Crippen LogP) is 6.49. The van der Waals surface area contributed by atoms with Crippen LogP contribution in [0.2, 0.25) is 0 Å². The number of carbonyl (C=O) groups excluding carboxylic acids is 2. The number of nitrogens with one attached hydrogen (secondary N) is 2. The highest BCUT2D eigenvalue weighted by molar-refractivity contribution is 7.92. The van der Waals surface area contributed by atoms with Crippen LogP contribution in [0.1, 0.15) is 55.4 Å². The van der Waals surface area contributed by atoms with Crippen LogP contribution in [0.15, 0.2) is 68.9 Å². The van der Waals surface area contributed by atoms with Crippen LogP contribution in [0.25, 0.3) is 45.0 Å². The van der Waals surface area contributed by atoms with Crippen LogP contribution in [-0.4, -0.2) is 62.1 Å².